The minimum absolute atomic E-state index is 0.0394. The van der Waals surface area contributed by atoms with Gasteiger partial charge in [-0.25, -0.2) is 13.1 Å². The molecular weight excluding hydrogens is 424 g/mol. The number of aromatic nitrogens is 2. The van der Waals surface area contributed by atoms with Crippen LogP contribution in [0.1, 0.15) is 5.56 Å². The van der Waals surface area contributed by atoms with Crippen LogP contribution in [0.4, 0.5) is 0 Å². The fourth-order valence-corrected chi connectivity index (χ4v) is 5.14. The standard InChI is InChI=1S/C21H21ClN4O3S/c22-18-5-4-8-20(14-18)30(28,29)25-11-9-24(10-12-25)21(27)13-17-15-23-26(16-17)19-6-2-1-3-7-19/h1-8,14-16H,9-13H2. The molecule has 0 bridgehead atoms. The van der Waals surface area contributed by atoms with Crippen molar-refractivity contribution >= 4 is 27.5 Å². The normalized spacial score (nSPS) is 15.3. The minimum atomic E-state index is -3.62. The summed E-state index contributed by atoms with van der Waals surface area (Å²) in [6.07, 6.45) is 3.76. The van der Waals surface area contributed by atoms with Crippen molar-refractivity contribution in [2.75, 3.05) is 26.2 Å². The number of halogens is 1. The smallest absolute Gasteiger partial charge is 0.243 e. The molecule has 1 amide bonds. The first-order valence-electron chi connectivity index (χ1n) is 9.56. The molecule has 0 spiro atoms. The summed E-state index contributed by atoms with van der Waals surface area (Å²) in [4.78, 5) is 14.6. The number of amides is 1. The molecule has 1 aromatic heterocycles. The van der Waals surface area contributed by atoms with Crippen LogP contribution in [-0.4, -0.2) is 59.5 Å². The molecule has 4 rings (SSSR count). The van der Waals surface area contributed by atoms with Gasteiger partial charge in [-0.2, -0.15) is 9.40 Å². The maximum Gasteiger partial charge on any atom is 0.243 e. The maximum absolute atomic E-state index is 12.8. The van der Waals surface area contributed by atoms with E-state index in [0.717, 1.165) is 11.3 Å². The van der Waals surface area contributed by atoms with E-state index in [9.17, 15) is 13.2 Å². The van der Waals surface area contributed by atoms with Gasteiger partial charge >= 0.3 is 0 Å². The lowest BCUT2D eigenvalue weighted by molar-refractivity contribution is -0.131. The second kappa shape index (κ2) is 8.59. The Morgan fingerprint density at radius 2 is 1.73 bits per heavy atom. The highest BCUT2D eigenvalue weighted by Gasteiger charge is 2.30. The van der Waals surface area contributed by atoms with Gasteiger partial charge in [-0.1, -0.05) is 35.9 Å². The Balaban J connectivity index is 1.36. The van der Waals surface area contributed by atoms with E-state index < -0.39 is 10.0 Å². The molecule has 0 N–H and O–H groups in total. The third-order valence-electron chi connectivity index (χ3n) is 5.04. The quantitative estimate of drug-likeness (QED) is 0.606. The summed E-state index contributed by atoms with van der Waals surface area (Å²) in [5, 5.41) is 4.69. The molecule has 0 unspecified atom stereocenters. The molecule has 3 aromatic rings. The number of nitrogens with zero attached hydrogens (tertiary/aromatic N) is 4. The molecule has 2 aromatic carbocycles. The Bertz CT molecular complexity index is 1140. The van der Waals surface area contributed by atoms with Gasteiger partial charge in [0.05, 0.1) is 23.2 Å². The molecule has 7 nitrogen and oxygen atoms in total. The lowest BCUT2D eigenvalue weighted by atomic mass is 10.2. The molecule has 0 atom stereocenters. The van der Waals surface area contributed by atoms with Gasteiger partial charge in [0.25, 0.3) is 0 Å². The molecule has 30 heavy (non-hydrogen) atoms. The lowest BCUT2D eigenvalue weighted by Gasteiger charge is -2.34. The number of carbonyl (C=O) groups excluding carboxylic acids is 1. The van der Waals surface area contributed by atoms with Crippen molar-refractivity contribution in [2.45, 2.75) is 11.3 Å². The third-order valence-corrected chi connectivity index (χ3v) is 7.17. The van der Waals surface area contributed by atoms with Gasteiger partial charge in [0.15, 0.2) is 0 Å². The van der Waals surface area contributed by atoms with Crippen LogP contribution in [0.15, 0.2) is 71.9 Å². The monoisotopic (exact) mass is 444 g/mol. The Labute approximate surface area is 180 Å². The number of para-hydroxylation sites is 1. The van der Waals surface area contributed by atoms with Crippen molar-refractivity contribution in [1.29, 1.82) is 0 Å². The van der Waals surface area contributed by atoms with E-state index in [-0.39, 0.29) is 30.3 Å². The van der Waals surface area contributed by atoms with E-state index >= 15 is 0 Å². The van der Waals surface area contributed by atoms with E-state index in [2.05, 4.69) is 5.10 Å². The minimum Gasteiger partial charge on any atom is -0.340 e. The number of hydrogen-bond acceptors (Lipinski definition) is 4. The molecule has 0 radical (unpaired) electrons. The highest BCUT2D eigenvalue weighted by molar-refractivity contribution is 7.89. The molecule has 1 fully saturated rings. The van der Waals surface area contributed by atoms with Crippen LogP contribution in [-0.2, 0) is 21.2 Å². The third kappa shape index (κ3) is 4.40. The number of hydrogen-bond donors (Lipinski definition) is 0. The zero-order valence-corrected chi connectivity index (χ0v) is 17.8. The highest BCUT2D eigenvalue weighted by atomic mass is 35.5. The van der Waals surface area contributed by atoms with E-state index in [0.29, 0.717) is 18.1 Å². The van der Waals surface area contributed by atoms with E-state index in [4.69, 9.17) is 11.6 Å². The fourth-order valence-electron chi connectivity index (χ4n) is 3.41. The first-order valence-corrected chi connectivity index (χ1v) is 11.4. The van der Waals surface area contributed by atoms with Gasteiger partial charge in [0, 0.05) is 37.4 Å². The van der Waals surface area contributed by atoms with Crippen molar-refractivity contribution in [3.8, 4) is 5.69 Å². The molecule has 0 aliphatic carbocycles. The molecule has 156 valence electrons. The van der Waals surface area contributed by atoms with E-state index in [1.165, 1.54) is 16.4 Å². The first-order chi connectivity index (χ1) is 14.4. The molecule has 1 aliphatic rings. The van der Waals surface area contributed by atoms with Crippen molar-refractivity contribution in [3.05, 3.63) is 77.6 Å². The molecule has 0 saturated carbocycles. The van der Waals surface area contributed by atoms with Crippen molar-refractivity contribution in [1.82, 2.24) is 19.0 Å². The van der Waals surface area contributed by atoms with Crippen molar-refractivity contribution in [2.24, 2.45) is 0 Å². The molecule has 2 heterocycles. The number of rotatable bonds is 5. The van der Waals surface area contributed by atoms with Gasteiger partial charge in [-0.05, 0) is 35.9 Å². The molecule has 1 aliphatic heterocycles. The Morgan fingerprint density at radius 1 is 1.00 bits per heavy atom. The van der Waals surface area contributed by atoms with Crippen LogP contribution < -0.4 is 0 Å². The lowest BCUT2D eigenvalue weighted by Crippen LogP contribution is -2.50. The van der Waals surface area contributed by atoms with Gasteiger partial charge in [-0.15, -0.1) is 0 Å². The van der Waals surface area contributed by atoms with Crippen LogP contribution in [0.5, 0.6) is 0 Å². The maximum atomic E-state index is 12.8. The van der Waals surface area contributed by atoms with Gasteiger partial charge in [0.2, 0.25) is 15.9 Å². The second-order valence-electron chi connectivity index (χ2n) is 7.05. The van der Waals surface area contributed by atoms with Crippen molar-refractivity contribution in [3.63, 3.8) is 0 Å². The van der Waals surface area contributed by atoms with Crippen LogP contribution in [0.2, 0.25) is 5.02 Å². The Hall–Kier alpha value is -2.68. The predicted octanol–water partition coefficient (Wildman–Crippen LogP) is 2.60. The summed E-state index contributed by atoms with van der Waals surface area (Å²) in [5.41, 5.74) is 1.74. The van der Waals surface area contributed by atoms with E-state index in [1.807, 2.05) is 36.5 Å². The molecule has 9 heteroatoms. The van der Waals surface area contributed by atoms with Crippen LogP contribution in [0.3, 0.4) is 0 Å². The number of piperazine rings is 1. The van der Waals surface area contributed by atoms with Crippen molar-refractivity contribution < 1.29 is 13.2 Å². The number of benzene rings is 2. The van der Waals surface area contributed by atoms with Gasteiger partial charge < -0.3 is 4.90 Å². The summed E-state index contributed by atoms with van der Waals surface area (Å²) < 4.78 is 28.7. The number of sulfonamides is 1. The summed E-state index contributed by atoms with van der Waals surface area (Å²) in [5.74, 6) is -0.0394. The average molecular weight is 445 g/mol. The van der Waals surface area contributed by atoms with Gasteiger partial charge in [0.1, 0.15) is 0 Å². The topological polar surface area (TPSA) is 75.5 Å². The SMILES string of the molecule is O=C(Cc1cnn(-c2ccccc2)c1)N1CCN(S(=O)(=O)c2cccc(Cl)c2)CC1. The fraction of sp³-hybridized carbons (Fsp3) is 0.238. The summed E-state index contributed by atoms with van der Waals surface area (Å²) in [6, 6.07) is 15.9. The Kier molecular flexibility index (Phi) is 5.90. The van der Waals surface area contributed by atoms with E-state index in [1.54, 1.807) is 27.9 Å². The average Bonchev–Trinajstić information content (AvgIpc) is 3.23. The first kappa shape index (κ1) is 20.6. The molecular formula is C21H21ClN4O3S. The largest absolute Gasteiger partial charge is 0.340 e. The summed E-state index contributed by atoms with van der Waals surface area (Å²) in [6.45, 7) is 1.21. The van der Waals surface area contributed by atoms with Gasteiger partial charge in [-0.3, -0.25) is 4.79 Å². The second-order valence-corrected chi connectivity index (χ2v) is 9.42. The number of carbonyl (C=O) groups is 1. The zero-order chi connectivity index (χ0) is 21.1. The summed E-state index contributed by atoms with van der Waals surface area (Å²) in [7, 11) is -3.62. The summed E-state index contributed by atoms with van der Waals surface area (Å²) >= 11 is 5.93. The van der Waals surface area contributed by atoms with Crippen LogP contribution in [0.25, 0.3) is 5.69 Å². The van der Waals surface area contributed by atoms with Crippen LogP contribution in [0, 0.1) is 0 Å². The molecule has 1 saturated heterocycles. The van der Waals surface area contributed by atoms with Crippen LogP contribution >= 0.6 is 11.6 Å². The Morgan fingerprint density at radius 3 is 2.43 bits per heavy atom. The zero-order valence-electron chi connectivity index (χ0n) is 16.2. The predicted molar refractivity (Wildman–Crippen MR) is 114 cm³/mol. The highest BCUT2D eigenvalue weighted by Crippen LogP contribution is 2.21.